The molecule has 0 unspecified atom stereocenters. The normalized spacial score (nSPS) is 10.4. The van der Waals surface area contributed by atoms with E-state index in [1.165, 1.54) is 0 Å². The molecule has 0 aliphatic rings. The maximum atomic E-state index is 11.3. The maximum Gasteiger partial charge on any atom is 0.189 e. The molecule has 0 aliphatic heterocycles. The van der Waals surface area contributed by atoms with E-state index < -0.39 is 0 Å². The van der Waals surface area contributed by atoms with E-state index in [-0.39, 0.29) is 5.43 Å². The monoisotopic (exact) mass is 160 g/mol. The van der Waals surface area contributed by atoms with Crippen molar-refractivity contribution in [3.8, 4) is 0 Å². The van der Waals surface area contributed by atoms with Crippen LogP contribution in [-0.4, -0.2) is 9.55 Å². The van der Waals surface area contributed by atoms with E-state index in [1.54, 1.807) is 30.7 Å². The Hall–Kier alpha value is -1.64. The average molecular weight is 160 g/mol. The molecule has 2 heterocycles. The van der Waals surface area contributed by atoms with Crippen molar-refractivity contribution < 1.29 is 0 Å². The van der Waals surface area contributed by atoms with Crippen molar-refractivity contribution in [1.29, 1.82) is 0 Å². The van der Waals surface area contributed by atoms with Gasteiger partial charge in [-0.25, -0.2) is 0 Å². The standard InChI is InChI=1S/C9H8N2O/c1-11-5-3-9(12)7-2-4-10-6-8(7)11/h2-6H,1H3. The molecular weight excluding hydrogens is 152 g/mol. The molecule has 3 heteroatoms. The summed E-state index contributed by atoms with van der Waals surface area (Å²) in [6.45, 7) is 0. The zero-order valence-electron chi connectivity index (χ0n) is 6.69. The summed E-state index contributed by atoms with van der Waals surface area (Å²) in [6.07, 6.45) is 5.06. The summed E-state index contributed by atoms with van der Waals surface area (Å²) in [4.78, 5) is 15.2. The Kier molecular flexibility index (Phi) is 1.43. The summed E-state index contributed by atoms with van der Waals surface area (Å²) in [6, 6.07) is 3.29. The lowest BCUT2D eigenvalue weighted by Crippen LogP contribution is -2.04. The second-order valence-corrected chi connectivity index (χ2v) is 2.68. The molecule has 0 N–H and O–H groups in total. The first-order valence-corrected chi connectivity index (χ1v) is 3.68. The van der Waals surface area contributed by atoms with E-state index in [0.29, 0.717) is 0 Å². The Balaban J connectivity index is 3.05. The Morgan fingerprint density at radius 2 is 2.25 bits per heavy atom. The number of pyridine rings is 2. The molecule has 0 atom stereocenters. The van der Waals surface area contributed by atoms with Gasteiger partial charge in [0.05, 0.1) is 11.7 Å². The number of hydrogen-bond acceptors (Lipinski definition) is 2. The topological polar surface area (TPSA) is 34.9 Å². The van der Waals surface area contributed by atoms with Crippen LogP contribution >= 0.6 is 0 Å². The summed E-state index contributed by atoms with van der Waals surface area (Å²) in [5.74, 6) is 0. The molecule has 0 fully saturated rings. The number of nitrogens with zero attached hydrogens (tertiary/aromatic N) is 2. The van der Waals surface area contributed by atoms with Gasteiger partial charge in [-0.05, 0) is 6.07 Å². The van der Waals surface area contributed by atoms with Gasteiger partial charge in [0.1, 0.15) is 0 Å². The molecule has 0 spiro atoms. The van der Waals surface area contributed by atoms with Crippen LogP contribution in [0.15, 0.2) is 35.5 Å². The highest BCUT2D eigenvalue weighted by Crippen LogP contribution is 2.04. The van der Waals surface area contributed by atoms with Crippen LogP contribution in [-0.2, 0) is 7.05 Å². The number of rotatable bonds is 0. The van der Waals surface area contributed by atoms with Gasteiger partial charge in [-0.1, -0.05) is 0 Å². The Morgan fingerprint density at radius 1 is 1.42 bits per heavy atom. The van der Waals surface area contributed by atoms with Crippen LogP contribution < -0.4 is 5.43 Å². The Bertz CT molecular complexity index is 473. The van der Waals surface area contributed by atoms with Crippen LogP contribution in [0.25, 0.3) is 10.9 Å². The molecule has 12 heavy (non-hydrogen) atoms. The molecule has 60 valence electrons. The van der Waals surface area contributed by atoms with E-state index in [4.69, 9.17) is 0 Å². The summed E-state index contributed by atoms with van der Waals surface area (Å²) in [7, 11) is 1.89. The van der Waals surface area contributed by atoms with Crippen molar-refractivity contribution in [3.63, 3.8) is 0 Å². The second-order valence-electron chi connectivity index (χ2n) is 2.68. The zero-order valence-corrected chi connectivity index (χ0v) is 6.69. The maximum absolute atomic E-state index is 11.3. The number of aryl methyl sites for hydroxylation is 1. The van der Waals surface area contributed by atoms with Crippen LogP contribution in [0.2, 0.25) is 0 Å². The summed E-state index contributed by atoms with van der Waals surface area (Å²) in [5.41, 5.74) is 0.913. The largest absolute Gasteiger partial charge is 0.349 e. The first kappa shape index (κ1) is 7.03. The second kappa shape index (κ2) is 2.44. The van der Waals surface area contributed by atoms with Gasteiger partial charge in [0.15, 0.2) is 5.43 Å². The van der Waals surface area contributed by atoms with E-state index in [2.05, 4.69) is 4.98 Å². The molecule has 0 radical (unpaired) electrons. The molecule has 0 amide bonds. The van der Waals surface area contributed by atoms with Crippen LogP contribution in [0.1, 0.15) is 0 Å². The molecule has 2 rings (SSSR count). The predicted octanol–water partition coefficient (Wildman–Crippen LogP) is 0.933. The third-order valence-corrected chi connectivity index (χ3v) is 1.90. The van der Waals surface area contributed by atoms with Crippen molar-refractivity contribution >= 4 is 10.9 Å². The van der Waals surface area contributed by atoms with Gasteiger partial charge in [-0.2, -0.15) is 0 Å². The van der Waals surface area contributed by atoms with Crippen molar-refractivity contribution in [2.45, 2.75) is 0 Å². The van der Waals surface area contributed by atoms with Crippen LogP contribution in [0, 0.1) is 0 Å². The highest BCUT2D eigenvalue weighted by atomic mass is 16.1. The summed E-state index contributed by atoms with van der Waals surface area (Å²) >= 11 is 0. The van der Waals surface area contributed by atoms with Crippen LogP contribution in [0.5, 0.6) is 0 Å². The van der Waals surface area contributed by atoms with Crippen LogP contribution in [0.3, 0.4) is 0 Å². The molecule has 2 aromatic rings. The van der Waals surface area contributed by atoms with Crippen molar-refractivity contribution in [2.75, 3.05) is 0 Å². The molecule has 0 aliphatic carbocycles. The van der Waals surface area contributed by atoms with E-state index in [0.717, 1.165) is 10.9 Å². The van der Waals surface area contributed by atoms with Gasteiger partial charge in [0.2, 0.25) is 0 Å². The van der Waals surface area contributed by atoms with E-state index in [1.807, 2.05) is 11.6 Å². The minimum Gasteiger partial charge on any atom is -0.349 e. The summed E-state index contributed by atoms with van der Waals surface area (Å²) < 4.78 is 1.88. The zero-order chi connectivity index (χ0) is 8.55. The van der Waals surface area contributed by atoms with Gasteiger partial charge >= 0.3 is 0 Å². The lowest BCUT2D eigenvalue weighted by Gasteiger charge is -2.01. The number of aromatic nitrogens is 2. The molecular formula is C9H8N2O. The quantitative estimate of drug-likeness (QED) is 0.574. The van der Waals surface area contributed by atoms with Crippen molar-refractivity contribution in [3.05, 3.63) is 40.9 Å². The lowest BCUT2D eigenvalue weighted by atomic mass is 10.2. The average Bonchev–Trinajstić information content (AvgIpc) is 2.12. The fraction of sp³-hybridized carbons (Fsp3) is 0.111. The van der Waals surface area contributed by atoms with Gasteiger partial charge in [-0.3, -0.25) is 9.78 Å². The fourth-order valence-corrected chi connectivity index (χ4v) is 1.23. The smallest absolute Gasteiger partial charge is 0.189 e. The lowest BCUT2D eigenvalue weighted by molar-refractivity contribution is 0.946. The first-order valence-electron chi connectivity index (χ1n) is 3.68. The molecule has 3 nitrogen and oxygen atoms in total. The molecule has 0 aromatic carbocycles. The van der Waals surface area contributed by atoms with Gasteiger partial charge in [0, 0.05) is 30.9 Å². The Labute approximate surface area is 69.3 Å². The number of fused-ring (bicyclic) bond motifs is 1. The van der Waals surface area contributed by atoms with E-state index in [9.17, 15) is 4.79 Å². The molecule has 0 saturated carbocycles. The van der Waals surface area contributed by atoms with Gasteiger partial charge < -0.3 is 4.57 Å². The third-order valence-electron chi connectivity index (χ3n) is 1.90. The molecule has 0 bridgehead atoms. The van der Waals surface area contributed by atoms with Crippen LogP contribution in [0.4, 0.5) is 0 Å². The van der Waals surface area contributed by atoms with Crippen molar-refractivity contribution in [2.24, 2.45) is 7.05 Å². The highest BCUT2D eigenvalue weighted by Gasteiger charge is 1.97. The van der Waals surface area contributed by atoms with Crippen molar-refractivity contribution in [1.82, 2.24) is 9.55 Å². The third kappa shape index (κ3) is 0.906. The van der Waals surface area contributed by atoms with Gasteiger partial charge in [0.25, 0.3) is 0 Å². The van der Waals surface area contributed by atoms with Gasteiger partial charge in [-0.15, -0.1) is 0 Å². The first-order chi connectivity index (χ1) is 5.79. The molecule has 0 saturated heterocycles. The minimum atomic E-state index is 0.0468. The minimum absolute atomic E-state index is 0.0468. The predicted molar refractivity (Wildman–Crippen MR) is 47.0 cm³/mol. The Morgan fingerprint density at radius 3 is 3.00 bits per heavy atom. The molecule has 2 aromatic heterocycles. The SMILES string of the molecule is Cn1ccc(=O)c2ccncc21. The summed E-state index contributed by atoms with van der Waals surface area (Å²) in [5, 5.41) is 0.718. The van der Waals surface area contributed by atoms with E-state index >= 15 is 0 Å². The fourth-order valence-electron chi connectivity index (χ4n) is 1.23. The highest BCUT2D eigenvalue weighted by molar-refractivity contribution is 5.77. The number of hydrogen-bond donors (Lipinski definition) is 0.